The Balaban J connectivity index is 1.77. The molecular weight excluding hydrogens is 348 g/mol. The lowest BCUT2D eigenvalue weighted by molar-refractivity contribution is 0.342. The molecule has 0 unspecified atom stereocenters. The summed E-state index contributed by atoms with van der Waals surface area (Å²) in [4.78, 5) is 19.0. The Morgan fingerprint density at radius 2 is 1.92 bits per heavy atom. The van der Waals surface area contributed by atoms with Gasteiger partial charge in [-0.05, 0) is 54.6 Å². The van der Waals surface area contributed by atoms with E-state index in [9.17, 15) is 4.79 Å². The maximum absolute atomic E-state index is 13.4. The summed E-state index contributed by atoms with van der Waals surface area (Å²) in [6, 6.07) is 8.82. The number of aromatic nitrogens is 2. The fraction of sp³-hybridized carbons (Fsp3) is 0.400. The Labute approximate surface area is 155 Å². The largest absolute Gasteiger partial charge is 0.323 e. The van der Waals surface area contributed by atoms with Gasteiger partial charge in [-0.25, -0.2) is 0 Å². The van der Waals surface area contributed by atoms with Gasteiger partial charge in [0.05, 0.1) is 5.39 Å². The summed E-state index contributed by atoms with van der Waals surface area (Å²) >= 11 is 7.27. The van der Waals surface area contributed by atoms with Crippen LogP contribution in [0.4, 0.5) is 0 Å². The van der Waals surface area contributed by atoms with Crippen molar-refractivity contribution in [2.45, 2.75) is 51.0 Å². The lowest BCUT2D eigenvalue weighted by Crippen LogP contribution is -2.28. The molecule has 25 heavy (non-hydrogen) atoms. The highest BCUT2D eigenvalue weighted by atomic mass is 32.1. The summed E-state index contributed by atoms with van der Waals surface area (Å²) in [7, 11) is 0. The van der Waals surface area contributed by atoms with Crippen molar-refractivity contribution in [2.24, 2.45) is 0 Å². The van der Waals surface area contributed by atoms with Gasteiger partial charge < -0.3 is 4.98 Å². The van der Waals surface area contributed by atoms with Gasteiger partial charge in [0, 0.05) is 10.9 Å². The van der Waals surface area contributed by atoms with Crippen LogP contribution in [0.3, 0.4) is 0 Å². The van der Waals surface area contributed by atoms with Crippen LogP contribution in [-0.2, 0) is 12.8 Å². The second kappa shape index (κ2) is 5.92. The molecule has 0 radical (unpaired) electrons. The monoisotopic (exact) mass is 368 g/mol. The zero-order valence-electron chi connectivity index (χ0n) is 14.0. The van der Waals surface area contributed by atoms with E-state index in [4.69, 9.17) is 12.2 Å². The maximum Gasteiger partial charge on any atom is 0.263 e. The Kier molecular flexibility index (Phi) is 3.68. The van der Waals surface area contributed by atoms with Crippen molar-refractivity contribution in [2.75, 3.05) is 0 Å². The number of aryl methyl sites for hydroxylation is 2. The van der Waals surface area contributed by atoms with Crippen LogP contribution in [-0.4, -0.2) is 9.55 Å². The Hall–Kier alpha value is -1.72. The molecule has 0 atom stereocenters. The van der Waals surface area contributed by atoms with E-state index in [-0.39, 0.29) is 11.6 Å². The first-order valence-electron chi connectivity index (χ1n) is 9.12. The lowest BCUT2D eigenvalue weighted by atomic mass is 9.90. The lowest BCUT2D eigenvalue weighted by Gasteiger charge is -2.24. The molecule has 1 N–H and O–H groups in total. The summed E-state index contributed by atoms with van der Waals surface area (Å²) in [5, 5.41) is 0.883. The van der Waals surface area contributed by atoms with E-state index < -0.39 is 0 Å². The molecule has 2 aliphatic rings. The molecule has 0 bridgehead atoms. The van der Waals surface area contributed by atoms with Gasteiger partial charge in [0.1, 0.15) is 4.83 Å². The Morgan fingerprint density at radius 1 is 1.12 bits per heavy atom. The summed E-state index contributed by atoms with van der Waals surface area (Å²) in [5.41, 5.74) is 4.02. The smallest absolute Gasteiger partial charge is 0.263 e. The summed E-state index contributed by atoms with van der Waals surface area (Å²) in [6.45, 7) is 0. The number of nitrogens with one attached hydrogen (secondary N) is 1. The quantitative estimate of drug-likeness (QED) is 0.585. The van der Waals surface area contributed by atoms with E-state index in [1.165, 1.54) is 40.8 Å². The number of hydrogen-bond acceptors (Lipinski definition) is 3. The van der Waals surface area contributed by atoms with Crippen LogP contribution in [0.15, 0.2) is 29.1 Å². The third-order valence-corrected chi connectivity index (χ3v) is 7.20. The third kappa shape index (κ3) is 2.36. The molecule has 2 aromatic heterocycles. The predicted octanol–water partition coefficient (Wildman–Crippen LogP) is 5.39. The van der Waals surface area contributed by atoms with E-state index in [0.29, 0.717) is 4.77 Å². The molecule has 1 fully saturated rings. The molecule has 2 aliphatic carbocycles. The number of thiophene rings is 1. The van der Waals surface area contributed by atoms with Gasteiger partial charge in [0.25, 0.3) is 5.56 Å². The predicted molar refractivity (Wildman–Crippen MR) is 106 cm³/mol. The summed E-state index contributed by atoms with van der Waals surface area (Å²) in [5.74, 6) is 0. The van der Waals surface area contributed by atoms with Gasteiger partial charge in [0.15, 0.2) is 4.77 Å². The molecular formula is C20H20N2OS2. The van der Waals surface area contributed by atoms with Crippen LogP contribution in [0.5, 0.6) is 0 Å². The van der Waals surface area contributed by atoms with Crippen molar-refractivity contribution in [3.63, 3.8) is 0 Å². The highest BCUT2D eigenvalue weighted by Crippen LogP contribution is 2.42. The van der Waals surface area contributed by atoms with Crippen molar-refractivity contribution in [3.05, 3.63) is 50.5 Å². The van der Waals surface area contributed by atoms with Gasteiger partial charge in [-0.3, -0.25) is 9.36 Å². The van der Waals surface area contributed by atoms with Gasteiger partial charge in [-0.2, -0.15) is 0 Å². The fourth-order valence-electron chi connectivity index (χ4n) is 4.50. The van der Waals surface area contributed by atoms with E-state index >= 15 is 0 Å². The van der Waals surface area contributed by atoms with Gasteiger partial charge >= 0.3 is 0 Å². The average Bonchev–Trinajstić information content (AvgIpc) is 3.01. The minimum absolute atomic E-state index is 0.127. The molecule has 1 saturated carbocycles. The number of H-pyrrole nitrogens is 1. The van der Waals surface area contributed by atoms with Crippen LogP contribution in [0.1, 0.15) is 49.3 Å². The van der Waals surface area contributed by atoms with Crippen molar-refractivity contribution in [1.82, 2.24) is 9.55 Å². The Morgan fingerprint density at radius 3 is 2.76 bits per heavy atom. The number of fused-ring (bicyclic) bond motifs is 5. The molecule has 128 valence electrons. The van der Waals surface area contributed by atoms with Crippen LogP contribution < -0.4 is 5.56 Å². The minimum atomic E-state index is 0.127. The zero-order valence-corrected chi connectivity index (χ0v) is 15.6. The molecule has 0 saturated heterocycles. The second-order valence-corrected chi connectivity index (χ2v) is 8.58. The zero-order chi connectivity index (χ0) is 17.0. The van der Waals surface area contributed by atoms with Crippen molar-refractivity contribution in [1.29, 1.82) is 0 Å². The van der Waals surface area contributed by atoms with E-state index in [2.05, 4.69) is 29.2 Å². The van der Waals surface area contributed by atoms with E-state index in [0.717, 1.165) is 35.9 Å². The third-order valence-electron chi connectivity index (χ3n) is 5.73. The second-order valence-electron chi connectivity index (χ2n) is 7.17. The standard InChI is InChI=1S/C20H20N2OS2/c23-19-16-15-11-10-12-6-4-5-9-14(12)17(15)25-18(16)21-20(24)22(19)13-7-2-1-3-8-13/h4-6,9,13H,1-3,7-8,10-11H2,(H,21,24). The molecule has 0 aliphatic heterocycles. The van der Waals surface area contributed by atoms with Crippen molar-refractivity contribution < 1.29 is 0 Å². The van der Waals surface area contributed by atoms with Gasteiger partial charge in [0.2, 0.25) is 0 Å². The first-order valence-corrected chi connectivity index (χ1v) is 10.3. The average molecular weight is 369 g/mol. The molecule has 1 aromatic carbocycles. The normalized spacial score (nSPS) is 17.4. The first-order chi connectivity index (χ1) is 12.2. The summed E-state index contributed by atoms with van der Waals surface area (Å²) in [6.07, 6.45) is 7.74. The van der Waals surface area contributed by atoms with E-state index in [1.54, 1.807) is 11.3 Å². The highest BCUT2D eigenvalue weighted by molar-refractivity contribution is 7.71. The van der Waals surface area contributed by atoms with Crippen molar-refractivity contribution >= 4 is 33.8 Å². The van der Waals surface area contributed by atoms with Crippen molar-refractivity contribution in [3.8, 4) is 10.4 Å². The molecule has 3 nitrogen and oxygen atoms in total. The van der Waals surface area contributed by atoms with E-state index in [1.807, 2.05) is 4.57 Å². The summed E-state index contributed by atoms with van der Waals surface area (Å²) < 4.78 is 2.47. The number of hydrogen-bond donors (Lipinski definition) is 1. The number of aromatic amines is 1. The number of rotatable bonds is 1. The topological polar surface area (TPSA) is 37.8 Å². The first kappa shape index (κ1) is 15.5. The minimum Gasteiger partial charge on any atom is -0.323 e. The molecule has 0 spiro atoms. The molecule has 0 amide bonds. The fourth-order valence-corrected chi connectivity index (χ4v) is 6.20. The molecule has 5 rings (SSSR count). The van der Waals surface area contributed by atoms with Gasteiger partial charge in [-0.1, -0.05) is 43.5 Å². The van der Waals surface area contributed by atoms with Crippen LogP contribution >= 0.6 is 23.6 Å². The molecule has 3 aromatic rings. The Bertz CT molecular complexity index is 1080. The molecule has 5 heteroatoms. The van der Waals surface area contributed by atoms with Gasteiger partial charge in [-0.15, -0.1) is 11.3 Å². The highest BCUT2D eigenvalue weighted by Gasteiger charge is 2.25. The maximum atomic E-state index is 13.4. The number of benzene rings is 1. The SMILES string of the molecule is O=c1c2c3c(sc2[nH]c(=S)n1C1CCCCC1)-c1ccccc1CC3. The van der Waals surface area contributed by atoms with Crippen LogP contribution in [0, 0.1) is 4.77 Å². The van der Waals surface area contributed by atoms with Crippen LogP contribution in [0.2, 0.25) is 0 Å². The van der Waals surface area contributed by atoms with Crippen LogP contribution in [0.25, 0.3) is 20.7 Å². The number of nitrogens with zero attached hydrogens (tertiary/aromatic N) is 1. The molecule has 2 heterocycles.